The van der Waals surface area contributed by atoms with Gasteiger partial charge in [-0.1, -0.05) is 72.8 Å². The maximum atomic E-state index is 14.4. The highest BCUT2D eigenvalue weighted by atomic mass is 32.2. The molecule has 3 aromatic carbocycles. The molecule has 0 bridgehead atoms. The standard InChI is InChI=1S/C40H45N5O10S/c1-40(2,3)55-38(50)42-30(25-15-17-29(46)18-16-25)34(47)41-31-35(48)45-32(37(49)54-33(26-11-7-5-8-12-26)27-13-9-6-10-14-27)28(24-56(52)36(31)45)23-53-39(51)44-21-19-43(4)20-22-44/h5-18,30-31,33,36,46H,19-24H2,1-4H3,(H,41,47)(H,42,50)/t30?,31?,36-,56?/m0/s1. The number of piperazine rings is 1. The van der Waals surface area contributed by atoms with E-state index in [0.717, 1.165) is 4.90 Å². The quantitative estimate of drug-likeness (QED) is 0.156. The monoisotopic (exact) mass is 787 g/mol. The average Bonchev–Trinajstić information content (AvgIpc) is 3.17. The first-order valence-corrected chi connectivity index (χ1v) is 19.5. The predicted octanol–water partition coefficient (Wildman–Crippen LogP) is 3.34. The van der Waals surface area contributed by atoms with Crippen LogP contribution in [-0.4, -0.2) is 117 Å². The van der Waals surface area contributed by atoms with Crippen LogP contribution in [0, 0.1) is 0 Å². The maximum Gasteiger partial charge on any atom is 0.410 e. The third-order valence-electron chi connectivity index (χ3n) is 9.41. The summed E-state index contributed by atoms with van der Waals surface area (Å²) >= 11 is 0. The van der Waals surface area contributed by atoms with Crippen LogP contribution in [0.3, 0.4) is 0 Å². The smallest absolute Gasteiger partial charge is 0.410 e. The van der Waals surface area contributed by atoms with Crippen molar-refractivity contribution in [1.82, 2.24) is 25.3 Å². The van der Waals surface area contributed by atoms with E-state index in [-0.39, 0.29) is 28.3 Å². The Labute approximate surface area is 327 Å². The van der Waals surface area contributed by atoms with Crippen LogP contribution < -0.4 is 10.6 Å². The molecule has 3 unspecified atom stereocenters. The number of carbonyl (C=O) groups is 5. The number of alkyl carbamates (subject to hydrolysis) is 1. The van der Waals surface area contributed by atoms with E-state index in [1.165, 1.54) is 29.2 Å². The normalized spacial score (nSPS) is 20.4. The number of fused-ring (bicyclic) bond motifs is 1. The van der Waals surface area contributed by atoms with E-state index in [0.29, 0.717) is 37.3 Å². The fourth-order valence-electron chi connectivity index (χ4n) is 6.56. The van der Waals surface area contributed by atoms with Crippen molar-refractivity contribution in [1.29, 1.82) is 0 Å². The molecule has 296 valence electrons. The first kappa shape index (κ1) is 39.9. The first-order chi connectivity index (χ1) is 26.7. The van der Waals surface area contributed by atoms with Crippen molar-refractivity contribution in [2.45, 2.75) is 49.9 Å². The Kier molecular flexibility index (Phi) is 12.1. The molecule has 16 heteroatoms. The van der Waals surface area contributed by atoms with E-state index in [9.17, 15) is 33.3 Å². The zero-order chi connectivity index (χ0) is 40.1. The molecule has 3 aliphatic heterocycles. The number of carbonyl (C=O) groups excluding carboxylic acids is 5. The molecule has 4 atom stereocenters. The molecule has 6 rings (SSSR count). The third-order valence-corrected chi connectivity index (χ3v) is 11.1. The van der Waals surface area contributed by atoms with E-state index in [1.807, 2.05) is 19.2 Å². The number of phenols is 1. The van der Waals surface area contributed by atoms with Gasteiger partial charge in [0.2, 0.25) is 5.91 Å². The van der Waals surface area contributed by atoms with Gasteiger partial charge in [0.15, 0.2) is 6.10 Å². The molecule has 0 radical (unpaired) electrons. The second kappa shape index (κ2) is 17.0. The molecule has 3 N–H and O–H groups in total. The molecule has 3 heterocycles. The van der Waals surface area contributed by atoms with Crippen molar-refractivity contribution in [2.24, 2.45) is 0 Å². The Bertz CT molecular complexity index is 1960. The number of hydrogen-bond donors (Lipinski definition) is 3. The molecule has 2 fully saturated rings. The number of β-lactam (4-membered cyclic amide) rings is 1. The van der Waals surface area contributed by atoms with Gasteiger partial charge in [0.05, 0.1) is 16.6 Å². The highest BCUT2D eigenvalue weighted by molar-refractivity contribution is 7.86. The van der Waals surface area contributed by atoms with Gasteiger partial charge >= 0.3 is 18.2 Å². The summed E-state index contributed by atoms with van der Waals surface area (Å²) in [6, 6.07) is 20.8. The molecule has 0 aromatic heterocycles. The lowest BCUT2D eigenvalue weighted by atomic mass is 10.00. The fraction of sp³-hybridized carbons (Fsp3) is 0.375. The number of amides is 4. The van der Waals surface area contributed by atoms with Crippen LogP contribution in [0.4, 0.5) is 9.59 Å². The van der Waals surface area contributed by atoms with Crippen molar-refractivity contribution in [3.05, 3.63) is 113 Å². The number of phenolic OH excluding ortho intramolecular Hbond substituents is 1. The van der Waals surface area contributed by atoms with Crippen LogP contribution in [0.2, 0.25) is 0 Å². The van der Waals surface area contributed by atoms with E-state index in [1.54, 1.807) is 69.3 Å². The third kappa shape index (κ3) is 9.20. The van der Waals surface area contributed by atoms with Crippen molar-refractivity contribution < 1.29 is 47.5 Å². The number of ether oxygens (including phenoxy) is 3. The lowest BCUT2D eigenvalue weighted by molar-refractivity contribution is -0.155. The Morgan fingerprint density at radius 1 is 0.875 bits per heavy atom. The SMILES string of the molecule is CN1CCN(C(=O)OCC2=C(C(=O)OC(c3ccccc3)c3ccccc3)N3C(=O)C(NC(=O)C(NC(=O)OC(C)(C)C)c4ccc(O)cc4)[C@@H]3S(=O)C2)CC1. The lowest BCUT2D eigenvalue weighted by Crippen LogP contribution is -2.74. The van der Waals surface area contributed by atoms with Crippen molar-refractivity contribution in [3.63, 3.8) is 0 Å². The number of esters is 1. The minimum atomic E-state index is -1.89. The highest BCUT2D eigenvalue weighted by Gasteiger charge is 2.58. The minimum absolute atomic E-state index is 0.0782. The van der Waals surface area contributed by atoms with Crippen molar-refractivity contribution in [2.75, 3.05) is 45.6 Å². The molecule has 3 aliphatic rings. The predicted molar refractivity (Wildman–Crippen MR) is 204 cm³/mol. The second-order valence-electron chi connectivity index (χ2n) is 14.7. The summed E-state index contributed by atoms with van der Waals surface area (Å²) in [5.41, 5.74) is 0.584. The molecule has 0 spiro atoms. The summed E-state index contributed by atoms with van der Waals surface area (Å²) < 4.78 is 31.1. The van der Waals surface area contributed by atoms with Gasteiger partial charge in [-0.05, 0) is 56.6 Å². The molecule has 3 aromatic rings. The zero-order valence-corrected chi connectivity index (χ0v) is 32.3. The minimum Gasteiger partial charge on any atom is -0.508 e. The van der Waals surface area contributed by atoms with Gasteiger partial charge in [0, 0.05) is 31.8 Å². The van der Waals surface area contributed by atoms with Crippen LogP contribution in [0.5, 0.6) is 5.75 Å². The van der Waals surface area contributed by atoms with E-state index in [2.05, 4.69) is 15.5 Å². The fourth-order valence-corrected chi connectivity index (χ4v) is 8.22. The van der Waals surface area contributed by atoms with E-state index < -0.39 is 76.5 Å². The maximum absolute atomic E-state index is 14.4. The Morgan fingerprint density at radius 3 is 2.04 bits per heavy atom. The summed E-state index contributed by atoms with van der Waals surface area (Å²) in [5, 5.41) is 13.8. The van der Waals surface area contributed by atoms with Crippen molar-refractivity contribution >= 4 is 40.8 Å². The van der Waals surface area contributed by atoms with E-state index in [4.69, 9.17) is 14.2 Å². The number of likely N-dealkylation sites (N-methyl/N-ethyl adjacent to an activating group) is 1. The largest absolute Gasteiger partial charge is 0.508 e. The molecule has 0 saturated carbocycles. The van der Waals surface area contributed by atoms with Crippen LogP contribution in [0.1, 0.15) is 49.6 Å². The number of rotatable bonds is 10. The molecular weight excluding hydrogens is 743 g/mol. The molecule has 2 saturated heterocycles. The van der Waals surface area contributed by atoms with Crippen LogP contribution >= 0.6 is 0 Å². The summed E-state index contributed by atoms with van der Waals surface area (Å²) in [6.45, 7) is 6.71. The van der Waals surface area contributed by atoms with Crippen LogP contribution in [0.15, 0.2) is 96.2 Å². The zero-order valence-electron chi connectivity index (χ0n) is 31.5. The molecular formula is C40H45N5O10S. The summed E-state index contributed by atoms with van der Waals surface area (Å²) in [6.07, 6.45) is -2.42. The molecule has 0 aliphatic carbocycles. The molecule has 4 amide bonds. The van der Waals surface area contributed by atoms with Gasteiger partial charge in [-0.2, -0.15) is 0 Å². The topological polar surface area (TPSA) is 184 Å². The summed E-state index contributed by atoms with van der Waals surface area (Å²) in [5.74, 6) is -2.85. The Morgan fingerprint density at radius 2 is 1.46 bits per heavy atom. The Hall–Kier alpha value is -5.74. The number of nitrogens with one attached hydrogen (secondary N) is 2. The van der Waals surface area contributed by atoms with Crippen LogP contribution in [-0.2, 0) is 39.4 Å². The number of benzene rings is 3. The van der Waals surface area contributed by atoms with Gasteiger partial charge in [-0.25, -0.2) is 14.4 Å². The second-order valence-corrected chi connectivity index (χ2v) is 16.2. The van der Waals surface area contributed by atoms with E-state index >= 15 is 0 Å². The summed E-state index contributed by atoms with van der Waals surface area (Å²) in [7, 11) is 0.0581. The summed E-state index contributed by atoms with van der Waals surface area (Å²) in [4.78, 5) is 72.9. The number of nitrogens with zero attached hydrogens (tertiary/aromatic N) is 3. The van der Waals surface area contributed by atoms with Gasteiger partial charge in [0.1, 0.15) is 41.1 Å². The lowest BCUT2D eigenvalue weighted by Gasteiger charge is -2.49. The molecule has 15 nitrogen and oxygen atoms in total. The van der Waals surface area contributed by atoms with Crippen molar-refractivity contribution in [3.8, 4) is 5.75 Å². The number of aromatic hydroxyl groups is 1. The van der Waals surface area contributed by atoms with Gasteiger partial charge in [-0.3, -0.25) is 18.7 Å². The first-order valence-electron chi connectivity index (χ1n) is 18.1. The van der Waals surface area contributed by atoms with Gasteiger partial charge < -0.3 is 39.8 Å². The molecule has 56 heavy (non-hydrogen) atoms. The Balaban J connectivity index is 1.29. The van der Waals surface area contributed by atoms with Crippen LogP contribution in [0.25, 0.3) is 0 Å². The number of hydrogen-bond acceptors (Lipinski definition) is 11. The van der Waals surface area contributed by atoms with Gasteiger partial charge in [0.25, 0.3) is 5.91 Å². The highest BCUT2D eigenvalue weighted by Crippen LogP contribution is 2.38. The average molecular weight is 788 g/mol. The van der Waals surface area contributed by atoms with Gasteiger partial charge in [-0.15, -0.1) is 0 Å².